The first-order valence-electron chi connectivity index (χ1n) is 14.8. The molecule has 0 bridgehead atoms. The molecule has 230 valence electrons. The van der Waals surface area contributed by atoms with Gasteiger partial charge in [0, 0.05) is 19.0 Å². The van der Waals surface area contributed by atoms with Gasteiger partial charge in [0.15, 0.2) is 0 Å². The first kappa shape index (κ1) is 32.5. The molecule has 8 heteroatoms. The molecule has 0 aliphatic rings. The van der Waals surface area contributed by atoms with Gasteiger partial charge in [-0.25, -0.2) is 8.42 Å². The lowest BCUT2D eigenvalue weighted by molar-refractivity contribution is -0.140. The number of amides is 2. The lowest BCUT2D eigenvalue weighted by Crippen LogP contribution is -2.54. The minimum Gasteiger partial charge on any atom is -0.352 e. The molecule has 0 fully saturated rings. The van der Waals surface area contributed by atoms with Gasteiger partial charge in [0.2, 0.25) is 11.8 Å². The number of nitrogens with one attached hydrogen (secondary N) is 1. The maximum Gasteiger partial charge on any atom is 0.264 e. The third kappa shape index (κ3) is 7.94. The van der Waals surface area contributed by atoms with Crippen molar-refractivity contribution in [2.45, 2.75) is 64.6 Å². The molecule has 7 nitrogen and oxygen atoms in total. The summed E-state index contributed by atoms with van der Waals surface area (Å²) in [5.41, 5.74) is 4.87. The van der Waals surface area contributed by atoms with E-state index in [0.717, 1.165) is 27.8 Å². The van der Waals surface area contributed by atoms with Crippen LogP contribution in [0.5, 0.6) is 0 Å². The van der Waals surface area contributed by atoms with E-state index in [2.05, 4.69) is 5.32 Å². The summed E-state index contributed by atoms with van der Waals surface area (Å²) >= 11 is 0. The largest absolute Gasteiger partial charge is 0.352 e. The van der Waals surface area contributed by atoms with E-state index in [0.29, 0.717) is 5.69 Å². The third-order valence-electron chi connectivity index (χ3n) is 7.63. The zero-order valence-electron chi connectivity index (χ0n) is 26.0. The summed E-state index contributed by atoms with van der Waals surface area (Å²) in [7, 11) is -4.14. The second kappa shape index (κ2) is 14.4. The van der Waals surface area contributed by atoms with Crippen molar-refractivity contribution in [1.82, 2.24) is 10.2 Å². The lowest BCUT2D eigenvalue weighted by Gasteiger charge is -2.34. The number of carbonyl (C=O) groups excluding carboxylic acids is 2. The second-order valence-corrected chi connectivity index (χ2v) is 13.3. The molecule has 0 saturated carbocycles. The molecular weight excluding hydrogens is 570 g/mol. The normalized spacial score (nSPS) is 12.0. The van der Waals surface area contributed by atoms with E-state index in [1.54, 1.807) is 30.3 Å². The van der Waals surface area contributed by atoms with E-state index in [-0.39, 0.29) is 29.8 Å². The predicted octanol–water partition coefficient (Wildman–Crippen LogP) is 5.97. The highest BCUT2D eigenvalue weighted by Gasteiger charge is 2.35. The van der Waals surface area contributed by atoms with Gasteiger partial charge in [-0.1, -0.05) is 90.5 Å². The van der Waals surface area contributed by atoms with E-state index in [4.69, 9.17) is 0 Å². The minimum absolute atomic E-state index is 0.0807. The predicted molar refractivity (Wildman–Crippen MR) is 176 cm³/mol. The first-order chi connectivity index (χ1) is 21.0. The SMILES string of the molecule is Cc1ccc(CN(C(=O)CN(c2cccc(C)c2C)S(=O)(=O)c2ccccc2)[C@@H](Cc2ccccc2)C(=O)NC(C)C)cc1. The van der Waals surface area contributed by atoms with Crippen molar-refractivity contribution in [2.75, 3.05) is 10.8 Å². The smallest absolute Gasteiger partial charge is 0.264 e. The highest BCUT2D eigenvalue weighted by molar-refractivity contribution is 7.92. The number of sulfonamides is 1. The fraction of sp³-hybridized carbons (Fsp3) is 0.278. The van der Waals surface area contributed by atoms with Crippen LogP contribution in [0.1, 0.15) is 41.7 Å². The minimum atomic E-state index is -4.14. The van der Waals surface area contributed by atoms with Crippen molar-refractivity contribution in [3.05, 3.63) is 131 Å². The summed E-state index contributed by atoms with van der Waals surface area (Å²) in [6, 6.07) is 29.8. The molecule has 2 amide bonds. The number of hydrogen-bond acceptors (Lipinski definition) is 4. The Morgan fingerprint density at radius 1 is 0.750 bits per heavy atom. The molecule has 0 radical (unpaired) electrons. The van der Waals surface area contributed by atoms with Gasteiger partial charge in [-0.3, -0.25) is 13.9 Å². The van der Waals surface area contributed by atoms with Crippen molar-refractivity contribution in [2.24, 2.45) is 0 Å². The zero-order chi connectivity index (χ0) is 31.9. The van der Waals surface area contributed by atoms with E-state index < -0.39 is 28.5 Å². The Kier molecular flexibility index (Phi) is 10.6. The van der Waals surface area contributed by atoms with Crippen molar-refractivity contribution in [3.8, 4) is 0 Å². The average molecular weight is 612 g/mol. The lowest BCUT2D eigenvalue weighted by atomic mass is 10.0. The number of nitrogens with zero attached hydrogens (tertiary/aromatic N) is 2. The third-order valence-corrected chi connectivity index (χ3v) is 9.40. The highest BCUT2D eigenvalue weighted by Crippen LogP contribution is 2.29. The van der Waals surface area contributed by atoms with E-state index in [9.17, 15) is 18.0 Å². The fourth-order valence-electron chi connectivity index (χ4n) is 5.06. The Balaban J connectivity index is 1.82. The van der Waals surface area contributed by atoms with Crippen LogP contribution in [0.25, 0.3) is 0 Å². The van der Waals surface area contributed by atoms with Gasteiger partial charge < -0.3 is 10.2 Å². The first-order valence-corrected chi connectivity index (χ1v) is 16.2. The van der Waals surface area contributed by atoms with Gasteiger partial charge in [-0.05, 0) is 75.1 Å². The van der Waals surface area contributed by atoms with E-state index >= 15 is 0 Å². The van der Waals surface area contributed by atoms with Crippen molar-refractivity contribution < 1.29 is 18.0 Å². The van der Waals surface area contributed by atoms with Crippen LogP contribution in [-0.2, 0) is 32.6 Å². The molecule has 1 atom stereocenters. The maximum absolute atomic E-state index is 14.5. The number of anilines is 1. The van der Waals surface area contributed by atoms with Crippen LogP contribution in [-0.4, -0.2) is 43.8 Å². The number of hydrogen-bond donors (Lipinski definition) is 1. The van der Waals surface area contributed by atoms with E-state index in [1.807, 2.05) is 95.3 Å². The molecule has 0 spiro atoms. The Bertz CT molecular complexity index is 1670. The van der Waals surface area contributed by atoms with Gasteiger partial charge in [0.1, 0.15) is 12.6 Å². The highest BCUT2D eigenvalue weighted by atomic mass is 32.2. The number of benzene rings is 4. The van der Waals surface area contributed by atoms with Gasteiger partial charge >= 0.3 is 0 Å². The zero-order valence-corrected chi connectivity index (χ0v) is 26.8. The van der Waals surface area contributed by atoms with Crippen LogP contribution in [0.2, 0.25) is 0 Å². The van der Waals surface area contributed by atoms with Crippen LogP contribution in [0, 0.1) is 20.8 Å². The Morgan fingerprint density at radius 3 is 1.98 bits per heavy atom. The van der Waals surface area contributed by atoms with E-state index in [1.165, 1.54) is 21.3 Å². The monoisotopic (exact) mass is 611 g/mol. The number of carbonyl (C=O) groups is 2. The Hall–Kier alpha value is -4.43. The molecule has 0 saturated heterocycles. The topological polar surface area (TPSA) is 86.8 Å². The van der Waals surface area contributed by atoms with Crippen LogP contribution in [0.4, 0.5) is 5.69 Å². The molecule has 0 aromatic heterocycles. The quantitative estimate of drug-likeness (QED) is 0.214. The number of aryl methyl sites for hydroxylation is 2. The fourth-order valence-corrected chi connectivity index (χ4v) is 6.56. The molecule has 0 unspecified atom stereocenters. The van der Waals surface area contributed by atoms with Gasteiger partial charge in [-0.15, -0.1) is 0 Å². The average Bonchev–Trinajstić information content (AvgIpc) is 3.00. The Morgan fingerprint density at radius 2 is 1.36 bits per heavy atom. The summed E-state index contributed by atoms with van der Waals surface area (Å²) in [6.07, 6.45) is 0.270. The van der Waals surface area contributed by atoms with Crippen molar-refractivity contribution in [3.63, 3.8) is 0 Å². The van der Waals surface area contributed by atoms with Crippen molar-refractivity contribution >= 4 is 27.5 Å². The summed E-state index contributed by atoms with van der Waals surface area (Å²) in [5.74, 6) is -0.778. The Labute approximate surface area is 261 Å². The molecular formula is C36H41N3O4S. The molecule has 4 rings (SSSR count). The van der Waals surface area contributed by atoms with Crippen LogP contribution in [0.3, 0.4) is 0 Å². The maximum atomic E-state index is 14.5. The molecule has 44 heavy (non-hydrogen) atoms. The second-order valence-electron chi connectivity index (χ2n) is 11.4. The van der Waals surface area contributed by atoms with Crippen LogP contribution in [0.15, 0.2) is 108 Å². The van der Waals surface area contributed by atoms with Crippen LogP contribution < -0.4 is 9.62 Å². The molecule has 0 aliphatic heterocycles. The van der Waals surface area contributed by atoms with Gasteiger partial charge in [-0.2, -0.15) is 0 Å². The molecule has 4 aromatic rings. The summed E-state index contributed by atoms with van der Waals surface area (Å²) in [4.78, 5) is 29.9. The molecule has 0 heterocycles. The van der Waals surface area contributed by atoms with Gasteiger partial charge in [0.25, 0.3) is 10.0 Å². The number of rotatable bonds is 12. The summed E-state index contributed by atoms with van der Waals surface area (Å²) in [5, 5.41) is 2.99. The summed E-state index contributed by atoms with van der Waals surface area (Å²) in [6.45, 7) is 9.14. The molecule has 0 aliphatic carbocycles. The molecule has 4 aromatic carbocycles. The van der Waals surface area contributed by atoms with Gasteiger partial charge in [0.05, 0.1) is 10.6 Å². The van der Waals surface area contributed by atoms with Crippen LogP contribution >= 0.6 is 0 Å². The summed E-state index contributed by atoms with van der Waals surface area (Å²) < 4.78 is 29.5. The molecule has 1 N–H and O–H groups in total. The van der Waals surface area contributed by atoms with Crippen molar-refractivity contribution in [1.29, 1.82) is 0 Å². The standard InChI is InChI=1S/C36H41N3O4S/c1-26(2)37-36(41)34(23-30-14-8-6-9-15-30)38(24-31-21-19-27(3)20-22-31)35(40)25-39(33-18-12-13-28(4)29(33)5)44(42,43)32-16-10-7-11-17-32/h6-22,26,34H,23-25H2,1-5H3,(H,37,41)/t34-/m0/s1.